The normalized spacial score (nSPS) is 20.0. The summed E-state index contributed by atoms with van der Waals surface area (Å²) < 4.78 is 33.4. The fourth-order valence-corrected chi connectivity index (χ4v) is 18.3. The van der Waals surface area contributed by atoms with Gasteiger partial charge in [-0.25, -0.2) is 48.2 Å². The van der Waals surface area contributed by atoms with E-state index in [9.17, 15) is 73.3 Å². The minimum absolute atomic E-state index is 0.000961. The van der Waals surface area contributed by atoms with Crippen LogP contribution in [0, 0.1) is 66.7 Å². The van der Waals surface area contributed by atoms with Gasteiger partial charge in [0.15, 0.2) is 0 Å². The maximum atomic E-state index is 14.2. The molecule has 4 saturated carbocycles. The van der Waals surface area contributed by atoms with Crippen molar-refractivity contribution in [3.8, 4) is 0 Å². The van der Waals surface area contributed by atoms with Crippen molar-refractivity contribution in [3.63, 3.8) is 0 Å². The van der Waals surface area contributed by atoms with Crippen molar-refractivity contribution in [3.05, 3.63) is 241 Å². The molecule has 2 amide bonds. The third-order valence-electron chi connectivity index (χ3n) is 23.6. The fourth-order valence-electron chi connectivity index (χ4n) is 18.3. The number of nitrogens with zero attached hydrogens (tertiary/aromatic N) is 17. The third-order valence-corrected chi connectivity index (χ3v) is 23.6. The number of esters is 1. The number of amides is 2. The number of halogens is 2. The van der Waals surface area contributed by atoms with Gasteiger partial charge in [-0.15, -0.1) is 0 Å². The molecule has 8 heterocycles. The Hall–Kier alpha value is -13.5. The Morgan fingerprint density at radius 2 is 0.902 bits per heavy atom. The van der Waals surface area contributed by atoms with Crippen molar-refractivity contribution in [2.24, 2.45) is 17.8 Å². The zero-order valence-corrected chi connectivity index (χ0v) is 68.1. The number of nitrogens with one attached hydrogen (secondary N) is 3. The van der Waals surface area contributed by atoms with Gasteiger partial charge in [-0.3, -0.25) is 59.8 Å². The fraction of sp³-hybridized carbons (Fsp3) is 0.379. The molecule has 5 saturated heterocycles. The molecule has 0 spiro atoms. The molecule has 9 aromatic rings. The van der Waals surface area contributed by atoms with Gasteiger partial charge in [0.05, 0.1) is 79.9 Å². The van der Waals surface area contributed by atoms with Crippen LogP contribution in [-0.2, 0) is 25.7 Å². The maximum Gasteiger partial charge on any atom is 0.353 e. The van der Waals surface area contributed by atoms with Crippen LogP contribution in [0.25, 0.3) is 0 Å². The number of hydrogen-bond donors (Lipinski definition) is 5. The van der Waals surface area contributed by atoms with Crippen LogP contribution < -0.4 is 50.2 Å². The number of carbonyl (C=O) groups is 5. The number of hydrogen-bond acceptors (Lipinski definition) is 28. The highest BCUT2D eigenvalue weighted by Crippen LogP contribution is 2.56. The number of imide groups is 1. The summed E-state index contributed by atoms with van der Waals surface area (Å²) in [5, 5.41) is 63.8. The lowest BCUT2D eigenvalue weighted by Gasteiger charge is -2.57. The maximum absolute atomic E-state index is 14.2. The Morgan fingerprint density at radius 1 is 0.504 bits per heavy atom. The van der Waals surface area contributed by atoms with E-state index in [0.717, 1.165) is 37.4 Å². The van der Waals surface area contributed by atoms with Crippen LogP contribution in [0.4, 0.5) is 89.1 Å². The van der Waals surface area contributed by atoms with E-state index in [0.29, 0.717) is 133 Å². The minimum atomic E-state index is -1.19. The number of ether oxygens (including phenoxy) is 1. The highest BCUT2D eigenvalue weighted by molar-refractivity contribution is 6.22. The molecule has 4 aliphatic carbocycles. The molecule has 123 heavy (non-hydrogen) atoms. The van der Waals surface area contributed by atoms with Crippen LogP contribution in [0.15, 0.2) is 176 Å². The van der Waals surface area contributed by atoms with Gasteiger partial charge in [-0.1, -0.05) is 97.1 Å². The largest absolute Gasteiger partial charge is 0.478 e. The lowest BCUT2D eigenvalue weighted by atomic mass is 9.53. The van der Waals surface area contributed by atoms with E-state index in [2.05, 4.69) is 57.9 Å². The van der Waals surface area contributed by atoms with Crippen LogP contribution in [0.5, 0.6) is 0 Å². The number of anilines is 11. The van der Waals surface area contributed by atoms with Crippen LogP contribution in [0.3, 0.4) is 0 Å². The van der Waals surface area contributed by atoms with Crippen molar-refractivity contribution in [1.82, 2.24) is 40.0 Å². The van der Waals surface area contributed by atoms with Crippen molar-refractivity contribution < 1.29 is 62.5 Å². The molecular weight excluding hydrogens is 1590 g/mol. The average molecular weight is 1680 g/mol. The number of benzene rings is 6. The molecule has 0 radical (unpaired) electrons. The van der Waals surface area contributed by atoms with Crippen molar-refractivity contribution in [2.45, 2.75) is 76.9 Å². The first kappa shape index (κ1) is 85.9. The number of carboxylic acid groups (broad SMARTS) is 2. The van der Waals surface area contributed by atoms with Gasteiger partial charge in [0.2, 0.25) is 29.2 Å². The van der Waals surface area contributed by atoms with Gasteiger partial charge in [0.1, 0.15) is 41.5 Å². The zero-order chi connectivity index (χ0) is 86.4. The van der Waals surface area contributed by atoms with E-state index >= 15 is 0 Å². The smallest absolute Gasteiger partial charge is 0.353 e. The highest BCUT2D eigenvalue weighted by atomic mass is 19.1. The first-order chi connectivity index (χ1) is 59.5. The summed E-state index contributed by atoms with van der Waals surface area (Å²) in [6.07, 6.45) is 10.8. The van der Waals surface area contributed by atoms with Gasteiger partial charge in [0, 0.05) is 123 Å². The topological polar surface area (TPSA) is 394 Å². The monoisotopic (exact) mass is 1680 g/mol. The molecule has 5 aliphatic heterocycles. The summed E-state index contributed by atoms with van der Waals surface area (Å²) in [7, 11) is 0. The van der Waals surface area contributed by atoms with Crippen LogP contribution in [0.2, 0.25) is 0 Å². The Morgan fingerprint density at radius 3 is 1.34 bits per heavy atom. The second-order valence-corrected chi connectivity index (χ2v) is 31.6. The summed E-state index contributed by atoms with van der Waals surface area (Å²) in [6, 6.07) is 46.0. The molecule has 36 heteroatoms. The number of aryl methyl sites for hydroxylation is 1. The van der Waals surface area contributed by atoms with E-state index in [1.807, 2.05) is 88.9 Å². The van der Waals surface area contributed by atoms with Crippen molar-refractivity contribution in [1.29, 1.82) is 0 Å². The van der Waals surface area contributed by atoms with E-state index < -0.39 is 21.8 Å². The van der Waals surface area contributed by atoms with Gasteiger partial charge in [-0.05, 0) is 136 Å². The molecule has 9 fully saturated rings. The Balaban J connectivity index is 0.000000135. The van der Waals surface area contributed by atoms with E-state index in [4.69, 9.17) is 4.74 Å². The molecule has 1 atom stereocenters. The number of nitro groups is 3. The quantitative estimate of drug-likeness (QED) is 0.0172. The average Bonchev–Trinajstić information content (AvgIpc) is 1.70. The summed E-state index contributed by atoms with van der Waals surface area (Å²) in [5.41, 5.74) is 3.07. The third kappa shape index (κ3) is 20.4. The second kappa shape index (κ2) is 38.9. The molecule has 4 bridgehead atoms. The first-order valence-corrected chi connectivity index (χ1v) is 41.1. The number of piperazine rings is 4. The molecule has 9 aliphatic rings. The molecule has 3 aromatic heterocycles. The lowest BCUT2D eigenvalue weighted by Crippen LogP contribution is -2.61. The SMILES string of the molecule is CCOC(=O)CN1CCN(c2ncnc(N3CCN(c4ccccc4F)CC3)c2[N+](=O)[O-])CC1.Cc1nc(Nc2ccccc2C(=O)O)cc(Nc2ccccc2C(=O)O)c1[N+](=O)[O-].O=C1CC(NC23CC4CC(CC(C4)C2)C3)C(=O)N1c1ccccc1.O=[N+]([O-])c1c(N2CCN(Cc3ccccc3)CC2)ncnc1N1CCN(c2ccccc2F)CC1. The minimum Gasteiger partial charge on any atom is -0.478 e. The molecule has 5 N–H and O–H groups in total. The Labute approximate surface area is 707 Å². The number of aromatic nitrogens is 5. The standard InChI is InChI=1S/C25H28FN7O2.C22H28FN7O4.C20H16N4O6.C20H24N2O2/c26-21-8-4-5-9-22(21)30-14-16-32(17-15-30)25-23(33(34)35)24(27-19-28-25)31-12-10-29(11-13-31)18-20-6-2-1-3-7-20;1-2-34-19(31)15-26-7-9-28(10-8-26)21-20(30(32)33)22(25-16-24-21)29-13-11-27(12-14-29)18-6-4-3-5-17(18)23;1-11-18(24(29)30)16(22-14-8-4-2-6-12(14)19(25)26)10-17(21-11)23-15-9-5-3-7-13(15)20(27)28;23-18-9-17(19(24)22(18)16-4-2-1-3-5-16)21-20-10-13-6-14(11-20)8-15(7-13)12-20/h1-9,19H,10-18H2;3-6,16H,2,7-15H2,1H3;2-10H,1H3,(H,25,26)(H,27,28)(H2,21,22,23);1-5,13-15,17,21H,6-12H2. The number of rotatable bonds is 23. The number of para-hydroxylation sites is 5. The molecule has 642 valence electrons. The molecule has 34 nitrogen and oxygen atoms in total. The summed E-state index contributed by atoms with van der Waals surface area (Å²) in [5.74, 6) is 0.610. The van der Waals surface area contributed by atoms with Crippen LogP contribution in [0.1, 0.15) is 83.8 Å². The number of carbonyl (C=O) groups excluding carboxylic acids is 3. The first-order valence-electron chi connectivity index (χ1n) is 41.1. The summed E-state index contributed by atoms with van der Waals surface area (Å²) in [4.78, 5) is 133. The summed E-state index contributed by atoms with van der Waals surface area (Å²) in [6.45, 7) is 13.7. The van der Waals surface area contributed by atoms with Gasteiger partial charge < -0.3 is 55.0 Å². The summed E-state index contributed by atoms with van der Waals surface area (Å²) >= 11 is 0. The number of pyridine rings is 1. The highest BCUT2D eigenvalue weighted by Gasteiger charge is 2.54. The zero-order valence-electron chi connectivity index (χ0n) is 68.1. The molecular formula is C87H96F2N20O14. The van der Waals surface area contributed by atoms with E-state index in [1.54, 1.807) is 55.5 Å². The Kier molecular flexibility index (Phi) is 27.2. The van der Waals surface area contributed by atoms with Crippen molar-refractivity contribution in [2.75, 3.05) is 163 Å². The molecule has 1 unspecified atom stereocenters. The predicted molar refractivity (Wildman–Crippen MR) is 459 cm³/mol. The van der Waals surface area contributed by atoms with Gasteiger partial charge >= 0.3 is 35.0 Å². The predicted octanol–water partition coefficient (Wildman–Crippen LogP) is 11.8. The lowest BCUT2D eigenvalue weighted by molar-refractivity contribution is -0.384. The number of carboxylic acids is 2. The van der Waals surface area contributed by atoms with Gasteiger partial charge in [0.25, 0.3) is 5.91 Å². The van der Waals surface area contributed by atoms with Crippen LogP contribution >= 0.6 is 0 Å². The molecule has 6 aromatic carbocycles. The van der Waals surface area contributed by atoms with Crippen LogP contribution in [-0.4, -0.2) is 219 Å². The van der Waals surface area contributed by atoms with Crippen molar-refractivity contribution >= 4 is 110 Å². The Bertz CT molecular complexity index is 5290. The number of aromatic carboxylic acids is 2. The second-order valence-electron chi connectivity index (χ2n) is 31.6. The molecule has 18 rings (SSSR count). The van der Waals surface area contributed by atoms with Gasteiger partial charge in [-0.2, -0.15) is 0 Å². The van der Waals surface area contributed by atoms with E-state index in [1.165, 1.54) is 117 Å². The van der Waals surface area contributed by atoms with E-state index in [-0.39, 0.29) is 121 Å².